The Kier molecular flexibility index (Phi) is 4.63. The molecule has 94 valence electrons. The average molecular weight is 236 g/mol. The zero-order chi connectivity index (χ0) is 12.9. The van der Waals surface area contributed by atoms with E-state index in [1.807, 2.05) is 6.07 Å². The van der Waals surface area contributed by atoms with Crippen LogP contribution in [0.1, 0.15) is 49.8 Å². The van der Waals surface area contributed by atoms with Crippen LogP contribution in [-0.2, 0) is 6.54 Å². The molecule has 1 heterocycles. The Bertz CT molecular complexity index is 389. The van der Waals surface area contributed by atoms with Gasteiger partial charge in [-0.3, -0.25) is 0 Å². The van der Waals surface area contributed by atoms with E-state index in [4.69, 9.17) is 5.11 Å². The largest absolute Gasteiger partial charge is 0.477 e. The molecule has 0 aliphatic rings. The van der Waals surface area contributed by atoms with Crippen LogP contribution in [0.25, 0.3) is 0 Å². The summed E-state index contributed by atoms with van der Waals surface area (Å²) in [5, 5.41) is 12.2. The highest BCUT2D eigenvalue weighted by Crippen LogP contribution is 2.11. The first kappa shape index (κ1) is 13.6. The van der Waals surface area contributed by atoms with E-state index in [9.17, 15) is 4.79 Å². The van der Waals surface area contributed by atoms with E-state index in [1.165, 1.54) is 6.07 Å². The van der Waals surface area contributed by atoms with Gasteiger partial charge in [0.1, 0.15) is 5.69 Å². The predicted octanol–water partition coefficient (Wildman–Crippen LogP) is 2.45. The lowest BCUT2D eigenvalue weighted by Crippen LogP contribution is -2.38. The summed E-state index contributed by atoms with van der Waals surface area (Å²) >= 11 is 0. The second kappa shape index (κ2) is 5.77. The molecule has 0 aromatic carbocycles. The van der Waals surface area contributed by atoms with E-state index in [2.05, 4.69) is 31.1 Å². The summed E-state index contributed by atoms with van der Waals surface area (Å²) in [6.45, 7) is 7.01. The molecule has 17 heavy (non-hydrogen) atoms. The molecule has 0 unspecified atom stereocenters. The first-order chi connectivity index (χ1) is 7.94. The molecule has 0 amide bonds. The molecule has 0 aliphatic carbocycles. The third-order valence-electron chi connectivity index (χ3n) is 2.65. The van der Waals surface area contributed by atoms with Gasteiger partial charge in [0.05, 0.1) is 5.69 Å². The highest BCUT2D eigenvalue weighted by molar-refractivity contribution is 5.85. The highest BCUT2D eigenvalue weighted by Gasteiger charge is 2.15. The second-order valence-corrected chi connectivity index (χ2v) is 4.81. The van der Waals surface area contributed by atoms with E-state index in [1.54, 1.807) is 6.07 Å². The molecule has 0 aliphatic heterocycles. The number of aromatic nitrogens is 1. The lowest BCUT2D eigenvalue weighted by atomic mass is 9.99. The Labute approximate surface area is 102 Å². The normalized spacial score (nSPS) is 11.5. The Morgan fingerprint density at radius 1 is 1.47 bits per heavy atom. The van der Waals surface area contributed by atoms with Crippen molar-refractivity contribution < 1.29 is 9.90 Å². The number of carbonyl (C=O) groups is 1. The Morgan fingerprint density at radius 3 is 2.76 bits per heavy atom. The number of hydrogen-bond acceptors (Lipinski definition) is 3. The maximum atomic E-state index is 10.8. The number of rotatable bonds is 6. The summed E-state index contributed by atoms with van der Waals surface area (Å²) in [5.74, 6) is -0.986. The van der Waals surface area contributed by atoms with Gasteiger partial charge >= 0.3 is 5.97 Å². The van der Waals surface area contributed by atoms with Gasteiger partial charge in [-0.1, -0.05) is 19.4 Å². The maximum Gasteiger partial charge on any atom is 0.354 e. The SMILES string of the molecule is CCCC(C)(C)NCc1cccc(C(=O)O)n1. The standard InChI is InChI=1S/C13H20N2O2/c1-4-8-13(2,3)14-9-10-6-5-7-11(15-10)12(16)17/h5-7,14H,4,8-9H2,1-3H3,(H,16,17). The van der Waals surface area contributed by atoms with Crippen molar-refractivity contribution in [2.45, 2.75) is 45.7 Å². The van der Waals surface area contributed by atoms with Gasteiger partial charge < -0.3 is 10.4 Å². The van der Waals surface area contributed by atoms with Gasteiger partial charge in [0, 0.05) is 12.1 Å². The van der Waals surface area contributed by atoms with Crippen LogP contribution in [-0.4, -0.2) is 21.6 Å². The number of carboxylic acid groups (broad SMARTS) is 1. The number of aromatic carboxylic acids is 1. The first-order valence-corrected chi connectivity index (χ1v) is 5.89. The zero-order valence-electron chi connectivity index (χ0n) is 10.7. The molecule has 0 spiro atoms. The predicted molar refractivity (Wildman–Crippen MR) is 67.0 cm³/mol. The molecular weight excluding hydrogens is 216 g/mol. The minimum Gasteiger partial charge on any atom is -0.477 e. The lowest BCUT2D eigenvalue weighted by Gasteiger charge is -2.25. The van der Waals surface area contributed by atoms with Crippen molar-refractivity contribution in [3.05, 3.63) is 29.6 Å². The Morgan fingerprint density at radius 2 is 2.18 bits per heavy atom. The monoisotopic (exact) mass is 236 g/mol. The van der Waals surface area contributed by atoms with Crippen LogP contribution in [0.2, 0.25) is 0 Å². The van der Waals surface area contributed by atoms with Crippen molar-refractivity contribution in [3.8, 4) is 0 Å². The molecule has 0 fully saturated rings. The number of pyridine rings is 1. The van der Waals surface area contributed by atoms with Crippen LogP contribution in [0, 0.1) is 0 Å². The minimum absolute atomic E-state index is 0.0512. The van der Waals surface area contributed by atoms with Gasteiger partial charge in [0.2, 0.25) is 0 Å². The van der Waals surface area contributed by atoms with Crippen molar-refractivity contribution in [2.75, 3.05) is 0 Å². The molecule has 0 saturated carbocycles. The minimum atomic E-state index is -0.986. The van der Waals surface area contributed by atoms with Gasteiger partial charge in [-0.2, -0.15) is 0 Å². The summed E-state index contributed by atoms with van der Waals surface area (Å²) in [5.41, 5.74) is 0.905. The Hall–Kier alpha value is -1.42. The first-order valence-electron chi connectivity index (χ1n) is 5.89. The second-order valence-electron chi connectivity index (χ2n) is 4.81. The van der Waals surface area contributed by atoms with Gasteiger partial charge in [0.25, 0.3) is 0 Å². The summed E-state index contributed by atoms with van der Waals surface area (Å²) in [4.78, 5) is 14.8. The van der Waals surface area contributed by atoms with Gasteiger partial charge in [-0.05, 0) is 32.4 Å². The fourth-order valence-corrected chi connectivity index (χ4v) is 1.74. The number of hydrogen-bond donors (Lipinski definition) is 2. The highest BCUT2D eigenvalue weighted by atomic mass is 16.4. The van der Waals surface area contributed by atoms with Crippen molar-refractivity contribution in [1.29, 1.82) is 0 Å². The van der Waals surface area contributed by atoms with E-state index in [0.29, 0.717) is 6.54 Å². The van der Waals surface area contributed by atoms with Crippen LogP contribution < -0.4 is 5.32 Å². The summed E-state index contributed by atoms with van der Waals surface area (Å²) < 4.78 is 0. The van der Waals surface area contributed by atoms with Crippen molar-refractivity contribution in [1.82, 2.24) is 10.3 Å². The molecule has 1 aromatic rings. The smallest absolute Gasteiger partial charge is 0.354 e. The quantitative estimate of drug-likeness (QED) is 0.796. The summed E-state index contributed by atoms with van der Waals surface area (Å²) in [7, 11) is 0. The fraction of sp³-hybridized carbons (Fsp3) is 0.538. The van der Waals surface area contributed by atoms with Gasteiger partial charge in [-0.25, -0.2) is 9.78 Å². The maximum absolute atomic E-state index is 10.8. The molecular formula is C13H20N2O2. The number of carboxylic acids is 1. The van der Waals surface area contributed by atoms with Crippen LogP contribution in [0.3, 0.4) is 0 Å². The van der Waals surface area contributed by atoms with E-state index < -0.39 is 5.97 Å². The van der Waals surface area contributed by atoms with E-state index >= 15 is 0 Å². The molecule has 2 N–H and O–H groups in total. The van der Waals surface area contributed by atoms with Gasteiger partial charge in [0.15, 0.2) is 0 Å². The molecule has 0 atom stereocenters. The molecule has 4 heteroatoms. The molecule has 4 nitrogen and oxygen atoms in total. The molecule has 0 bridgehead atoms. The van der Waals surface area contributed by atoms with Crippen LogP contribution in [0.15, 0.2) is 18.2 Å². The van der Waals surface area contributed by atoms with Crippen LogP contribution in [0.4, 0.5) is 0 Å². The fourth-order valence-electron chi connectivity index (χ4n) is 1.74. The molecule has 1 aromatic heterocycles. The summed E-state index contributed by atoms with van der Waals surface area (Å²) in [6, 6.07) is 5.06. The van der Waals surface area contributed by atoms with Crippen molar-refractivity contribution in [2.24, 2.45) is 0 Å². The zero-order valence-corrected chi connectivity index (χ0v) is 10.7. The molecule has 0 saturated heterocycles. The lowest BCUT2D eigenvalue weighted by molar-refractivity contribution is 0.0690. The third-order valence-corrected chi connectivity index (χ3v) is 2.65. The summed E-state index contributed by atoms with van der Waals surface area (Å²) in [6.07, 6.45) is 2.19. The van der Waals surface area contributed by atoms with Crippen LogP contribution in [0.5, 0.6) is 0 Å². The topological polar surface area (TPSA) is 62.2 Å². The van der Waals surface area contributed by atoms with E-state index in [-0.39, 0.29) is 11.2 Å². The molecule has 0 radical (unpaired) electrons. The Balaban J connectivity index is 2.63. The van der Waals surface area contributed by atoms with E-state index in [0.717, 1.165) is 18.5 Å². The third kappa shape index (κ3) is 4.53. The number of nitrogens with one attached hydrogen (secondary N) is 1. The average Bonchev–Trinajstić information content (AvgIpc) is 2.27. The molecule has 1 rings (SSSR count). The van der Waals surface area contributed by atoms with Crippen LogP contribution >= 0.6 is 0 Å². The number of nitrogens with zero attached hydrogens (tertiary/aromatic N) is 1. The van der Waals surface area contributed by atoms with Gasteiger partial charge in [-0.15, -0.1) is 0 Å². The van der Waals surface area contributed by atoms with Crippen molar-refractivity contribution >= 4 is 5.97 Å². The van der Waals surface area contributed by atoms with Crippen molar-refractivity contribution in [3.63, 3.8) is 0 Å².